The number of furan rings is 1. The summed E-state index contributed by atoms with van der Waals surface area (Å²) < 4.78 is 6.64. The number of fused-ring (bicyclic) bond motifs is 5. The Morgan fingerprint density at radius 1 is 0.254 bits per heavy atom. The van der Waals surface area contributed by atoms with Crippen molar-refractivity contribution >= 4 is 32.7 Å². The molecule has 11 rings (SSSR count). The van der Waals surface area contributed by atoms with Crippen LogP contribution in [0, 0.1) is 0 Å². The van der Waals surface area contributed by atoms with Crippen molar-refractivity contribution in [3.8, 4) is 78.7 Å². The lowest BCUT2D eigenvalue weighted by molar-refractivity contribution is 0.673. The lowest BCUT2D eigenvalue weighted by Crippen LogP contribution is -2.00. The average Bonchev–Trinajstić information content (AvgIpc) is 3.70. The fourth-order valence-corrected chi connectivity index (χ4v) is 8.19. The summed E-state index contributed by atoms with van der Waals surface area (Å²) in [6, 6.07) is 74.1. The summed E-state index contributed by atoms with van der Waals surface area (Å²) in [5.41, 5.74) is 13.8. The molecule has 0 aliphatic carbocycles. The van der Waals surface area contributed by atoms with Crippen molar-refractivity contribution in [3.63, 3.8) is 0 Å². The van der Waals surface area contributed by atoms with Crippen LogP contribution in [0.2, 0.25) is 0 Å². The zero-order valence-corrected chi connectivity index (χ0v) is 32.0. The Bertz CT molecular complexity index is 3280. The van der Waals surface area contributed by atoms with Gasteiger partial charge in [0, 0.05) is 32.8 Å². The van der Waals surface area contributed by atoms with Crippen molar-refractivity contribution in [2.45, 2.75) is 0 Å². The third kappa shape index (κ3) is 6.34. The van der Waals surface area contributed by atoms with Crippen LogP contribution in [0.1, 0.15) is 0 Å². The van der Waals surface area contributed by atoms with Gasteiger partial charge in [0.15, 0.2) is 17.5 Å². The van der Waals surface area contributed by atoms with Crippen molar-refractivity contribution in [3.05, 3.63) is 212 Å². The van der Waals surface area contributed by atoms with Crippen molar-refractivity contribution in [2.75, 3.05) is 0 Å². The van der Waals surface area contributed by atoms with Crippen molar-refractivity contribution in [1.29, 1.82) is 0 Å². The molecule has 0 bridgehead atoms. The molecule has 0 aliphatic heterocycles. The summed E-state index contributed by atoms with van der Waals surface area (Å²) in [6.07, 6.45) is 0. The molecule has 11 aromatic rings. The predicted molar refractivity (Wildman–Crippen MR) is 243 cm³/mol. The molecule has 0 N–H and O–H groups in total. The first-order valence-corrected chi connectivity index (χ1v) is 19.8. The first-order chi connectivity index (χ1) is 29.2. The van der Waals surface area contributed by atoms with E-state index in [0.717, 1.165) is 60.7 Å². The SMILES string of the molecule is c1ccc(-c2ccc(-c3nc(-c4ccccc4)nc(-c4ccc(-c5ccc6oc7c8ccccc8c(-c8ccccc8-c8ccccc8)cc7c6c5)cc4)n3)cc2)cc1. The molecule has 0 atom stereocenters. The lowest BCUT2D eigenvalue weighted by atomic mass is 9.90. The minimum Gasteiger partial charge on any atom is -0.455 e. The van der Waals surface area contributed by atoms with E-state index in [1.165, 1.54) is 33.2 Å². The number of nitrogens with zero attached hydrogens (tertiary/aromatic N) is 3. The smallest absolute Gasteiger partial charge is 0.164 e. The topological polar surface area (TPSA) is 51.8 Å². The Hall–Kier alpha value is -7.95. The molecular formula is C55H35N3O. The Morgan fingerprint density at radius 3 is 1.29 bits per heavy atom. The molecule has 0 spiro atoms. The number of hydrogen-bond acceptors (Lipinski definition) is 4. The molecule has 276 valence electrons. The predicted octanol–water partition coefficient (Wildman–Crippen LogP) is 14.6. The van der Waals surface area contributed by atoms with Crippen LogP contribution in [-0.2, 0) is 0 Å². The highest BCUT2D eigenvalue weighted by Crippen LogP contribution is 2.43. The van der Waals surface area contributed by atoms with Crippen molar-refractivity contribution in [1.82, 2.24) is 15.0 Å². The fourth-order valence-electron chi connectivity index (χ4n) is 8.19. The van der Waals surface area contributed by atoms with Crippen LogP contribution in [0.15, 0.2) is 217 Å². The summed E-state index contributed by atoms with van der Waals surface area (Å²) in [5.74, 6) is 1.89. The highest BCUT2D eigenvalue weighted by atomic mass is 16.3. The molecule has 2 aromatic heterocycles. The summed E-state index contributed by atoms with van der Waals surface area (Å²) in [6.45, 7) is 0. The van der Waals surface area contributed by atoms with Crippen LogP contribution in [0.25, 0.3) is 111 Å². The highest BCUT2D eigenvalue weighted by molar-refractivity contribution is 6.20. The van der Waals surface area contributed by atoms with Gasteiger partial charge in [-0.2, -0.15) is 0 Å². The molecule has 0 unspecified atom stereocenters. The Balaban J connectivity index is 0.986. The van der Waals surface area contributed by atoms with Crippen LogP contribution >= 0.6 is 0 Å². The Kier molecular flexibility index (Phi) is 8.45. The molecule has 0 saturated carbocycles. The third-order valence-electron chi connectivity index (χ3n) is 11.2. The molecule has 0 amide bonds. The van der Waals surface area contributed by atoms with E-state index < -0.39 is 0 Å². The maximum Gasteiger partial charge on any atom is 0.164 e. The first kappa shape index (κ1) is 34.3. The van der Waals surface area contributed by atoms with Gasteiger partial charge in [-0.05, 0) is 68.1 Å². The number of aromatic nitrogens is 3. The molecule has 2 heterocycles. The van der Waals surface area contributed by atoms with Crippen molar-refractivity contribution < 1.29 is 4.42 Å². The summed E-state index contributed by atoms with van der Waals surface area (Å²) in [7, 11) is 0. The monoisotopic (exact) mass is 753 g/mol. The normalized spacial score (nSPS) is 11.4. The van der Waals surface area contributed by atoms with E-state index in [4.69, 9.17) is 19.4 Å². The van der Waals surface area contributed by atoms with Gasteiger partial charge >= 0.3 is 0 Å². The van der Waals surface area contributed by atoms with E-state index in [1.807, 2.05) is 36.4 Å². The van der Waals surface area contributed by atoms with Gasteiger partial charge in [0.05, 0.1) is 0 Å². The second-order valence-corrected chi connectivity index (χ2v) is 14.8. The number of benzene rings is 9. The van der Waals surface area contributed by atoms with E-state index in [-0.39, 0.29) is 0 Å². The summed E-state index contributed by atoms with van der Waals surface area (Å²) >= 11 is 0. The molecule has 4 heteroatoms. The molecule has 4 nitrogen and oxygen atoms in total. The van der Waals surface area contributed by atoms with Crippen LogP contribution in [0.3, 0.4) is 0 Å². The van der Waals surface area contributed by atoms with Gasteiger partial charge in [0.2, 0.25) is 0 Å². The fraction of sp³-hybridized carbons (Fsp3) is 0. The van der Waals surface area contributed by atoms with Gasteiger partial charge in [-0.25, -0.2) is 15.0 Å². The zero-order valence-electron chi connectivity index (χ0n) is 32.0. The van der Waals surface area contributed by atoms with Gasteiger partial charge in [-0.3, -0.25) is 0 Å². The second kappa shape index (κ2) is 14.5. The second-order valence-electron chi connectivity index (χ2n) is 14.8. The molecule has 0 radical (unpaired) electrons. The molecule has 0 fully saturated rings. The largest absolute Gasteiger partial charge is 0.455 e. The average molecular weight is 754 g/mol. The van der Waals surface area contributed by atoms with Crippen LogP contribution in [-0.4, -0.2) is 15.0 Å². The van der Waals surface area contributed by atoms with Gasteiger partial charge < -0.3 is 4.42 Å². The number of hydrogen-bond donors (Lipinski definition) is 0. The standard InChI is InChI=1S/C55H35N3O/c1-4-14-36(15-5-1)37-24-28-41(29-25-37)54-56-53(40-18-8-3-9-19-40)57-55(58-54)42-30-26-38(27-31-42)43-32-33-51-49(34-43)50-35-48(46-22-12-13-23-47(46)52(50)59-51)45-21-11-10-20-44(45)39-16-6-2-7-17-39/h1-35H. The van der Waals surface area contributed by atoms with Gasteiger partial charge in [0.25, 0.3) is 0 Å². The maximum atomic E-state index is 6.64. The molecule has 0 saturated heterocycles. The minimum atomic E-state index is 0.624. The maximum absolute atomic E-state index is 6.64. The van der Waals surface area contributed by atoms with E-state index >= 15 is 0 Å². The number of rotatable bonds is 7. The minimum absolute atomic E-state index is 0.624. The van der Waals surface area contributed by atoms with E-state index in [2.05, 4.69) is 176 Å². The van der Waals surface area contributed by atoms with Gasteiger partial charge in [-0.15, -0.1) is 0 Å². The third-order valence-corrected chi connectivity index (χ3v) is 11.2. The molecule has 59 heavy (non-hydrogen) atoms. The molecule has 9 aromatic carbocycles. The highest BCUT2D eigenvalue weighted by Gasteiger charge is 2.18. The van der Waals surface area contributed by atoms with E-state index in [1.54, 1.807) is 0 Å². The Labute approximate surface area is 341 Å². The molecular weight excluding hydrogens is 719 g/mol. The van der Waals surface area contributed by atoms with E-state index in [0.29, 0.717) is 17.5 Å². The van der Waals surface area contributed by atoms with Crippen LogP contribution in [0.5, 0.6) is 0 Å². The van der Waals surface area contributed by atoms with Gasteiger partial charge in [0.1, 0.15) is 11.2 Å². The van der Waals surface area contributed by atoms with Crippen LogP contribution < -0.4 is 0 Å². The first-order valence-electron chi connectivity index (χ1n) is 19.8. The quantitative estimate of drug-likeness (QED) is 0.163. The molecule has 0 aliphatic rings. The zero-order chi connectivity index (χ0) is 39.1. The summed E-state index contributed by atoms with van der Waals surface area (Å²) in [4.78, 5) is 15.0. The Morgan fingerprint density at radius 2 is 0.678 bits per heavy atom. The van der Waals surface area contributed by atoms with Gasteiger partial charge in [-0.1, -0.05) is 194 Å². The lowest BCUT2D eigenvalue weighted by Gasteiger charge is -2.13. The van der Waals surface area contributed by atoms with Crippen LogP contribution in [0.4, 0.5) is 0 Å². The van der Waals surface area contributed by atoms with Crippen molar-refractivity contribution in [2.24, 2.45) is 0 Å². The van der Waals surface area contributed by atoms with E-state index in [9.17, 15) is 0 Å². The summed E-state index contributed by atoms with van der Waals surface area (Å²) in [5, 5.41) is 4.44.